The van der Waals surface area contributed by atoms with Crippen LogP contribution in [0.5, 0.6) is 0 Å². The van der Waals surface area contributed by atoms with Crippen LogP contribution in [0, 0.1) is 6.92 Å². The third-order valence-electron chi connectivity index (χ3n) is 4.05. The summed E-state index contributed by atoms with van der Waals surface area (Å²) >= 11 is 0. The summed E-state index contributed by atoms with van der Waals surface area (Å²) in [6.07, 6.45) is 3.35. The first-order valence-corrected chi connectivity index (χ1v) is 8.06. The Labute approximate surface area is 152 Å². The zero-order chi connectivity index (χ0) is 19.0. The number of aryl methyl sites for hydroxylation is 1. The topological polar surface area (TPSA) is 121 Å². The van der Waals surface area contributed by atoms with Crippen molar-refractivity contribution in [2.45, 2.75) is 6.92 Å². The van der Waals surface area contributed by atoms with Gasteiger partial charge in [0.05, 0.1) is 5.39 Å². The number of nitrogens with one attached hydrogen (secondary N) is 3. The average Bonchev–Trinajstić information content (AvgIpc) is 3.09. The van der Waals surface area contributed by atoms with Gasteiger partial charge in [-0.1, -0.05) is 18.2 Å². The number of nitrogens with zero attached hydrogens (tertiary/aromatic N) is 3. The van der Waals surface area contributed by atoms with Crippen LogP contribution in [0.25, 0.3) is 16.4 Å². The zero-order valence-electron chi connectivity index (χ0n) is 14.2. The second kappa shape index (κ2) is 6.37. The molecule has 3 N–H and O–H groups in total. The predicted octanol–water partition coefficient (Wildman–Crippen LogP) is 0.954. The van der Waals surface area contributed by atoms with Gasteiger partial charge in [0.2, 0.25) is 0 Å². The molecule has 0 aliphatic carbocycles. The van der Waals surface area contributed by atoms with E-state index in [1.807, 2.05) is 19.1 Å². The molecule has 0 spiro atoms. The summed E-state index contributed by atoms with van der Waals surface area (Å²) in [5.74, 6) is -1.23. The van der Waals surface area contributed by atoms with E-state index < -0.39 is 17.4 Å². The molecule has 4 rings (SSSR count). The van der Waals surface area contributed by atoms with E-state index in [2.05, 4.69) is 26.0 Å². The van der Waals surface area contributed by atoms with Gasteiger partial charge in [-0.15, -0.1) is 0 Å². The maximum Gasteiger partial charge on any atom is 0.290 e. The van der Waals surface area contributed by atoms with Crippen LogP contribution in [0.15, 0.2) is 53.6 Å². The molecule has 27 heavy (non-hydrogen) atoms. The van der Waals surface area contributed by atoms with Gasteiger partial charge in [-0.3, -0.25) is 25.2 Å². The zero-order valence-corrected chi connectivity index (χ0v) is 14.2. The average molecular weight is 362 g/mol. The molecule has 9 nitrogen and oxygen atoms in total. The molecule has 0 fully saturated rings. The van der Waals surface area contributed by atoms with Gasteiger partial charge in [-0.05, 0) is 30.7 Å². The summed E-state index contributed by atoms with van der Waals surface area (Å²) in [6.45, 7) is 1.93. The Kier molecular flexibility index (Phi) is 3.88. The third-order valence-corrected chi connectivity index (χ3v) is 4.05. The number of imidazole rings is 1. The van der Waals surface area contributed by atoms with Crippen LogP contribution in [0.3, 0.4) is 0 Å². The number of amides is 2. The van der Waals surface area contributed by atoms with E-state index in [0.29, 0.717) is 16.4 Å². The minimum Gasteiger partial charge on any atom is -0.306 e. The minimum absolute atomic E-state index is 0.00359. The Morgan fingerprint density at radius 3 is 2.63 bits per heavy atom. The van der Waals surface area contributed by atoms with Crippen molar-refractivity contribution in [1.29, 1.82) is 0 Å². The maximum absolute atomic E-state index is 12.4. The first kappa shape index (κ1) is 16.5. The molecule has 1 aromatic carbocycles. The quantitative estimate of drug-likeness (QED) is 0.459. The second-order valence-corrected chi connectivity index (χ2v) is 5.95. The number of aromatic amines is 1. The number of fused-ring (bicyclic) bond motifs is 2. The van der Waals surface area contributed by atoms with E-state index >= 15 is 0 Å². The molecule has 0 aliphatic heterocycles. The van der Waals surface area contributed by atoms with E-state index in [9.17, 15) is 14.4 Å². The number of benzene rings is 1. The molecular weight excluding hydrogens is 348 g/mol. The van der Waals surface area contributed by atoms with Gasteiger partial charge in [0.15, 0.2) is 5.69 Å². The number of H-pyrrole nitrogens is 1. The van der Waals surface area contributed by atoms with Crippen LogP contribution >= 0.6 is 0 Å². The van der Waals surface area contributed by atoms with Crippen molar-refractivity contribution in [3.05, 3.63) is 76.1 Å². The highest BCUT2D eigenvalue weighted by molar-refractivity contribution is 6.05. The fourth-order valence-electron chi connectivity index (χ4n) is 2.72. The summed E-state index contributed by atoms with van der Waals surface area (Å²) in [5.41, 5.74) is 5.99. The van der Waals surface area contributed by atoms with Gasteiger partial charge < -0.3 is 4.40 Å². The fraction of sp³-hybridized carbons (Fsp3) is 0.0556. The summed E-state index contributed by atoms with van der Waals surface area (Å²) < 4.78 is 1.71. The molecule has 0 saturated carbocycles. The SMILES string of the molecule is Cc1ccn2cc(C(=O)NNC(=O)c3n[nH]c(=O)c4ccccc34)nc2c1. The number of hydrogen-bond acceptors (Lipinski definition) is 5. The first-order valence-electron chi connectivity index (χ1n) is 8.06. The van der Waals surface area contributed by atoms with E-state index in [1.54, 1.807) is 41.1 Å². The predicted molar refractivity (Wildman–Crippen MR) is 97.2 cm³/mol. The molecule has 0 saturated heterocycles. The molecule has 0 unspecified atom stereocenters. The summed E-state index contributed by atoms with van der Waals surface area (Å²) in [5, 5.41) is 6.77. The first-order chi connectivity index (χ1) is 13.0. The lowest BCUT2D eigenvalue weighted by atomic mass is 10.1. The largest absolute Gasteiger partial charge is 0.306 e. The van der Waals surface area contributed by atoms with E-state index in [-0.39, 0.29) is 11.4 Å². The lowest BCUT2D eigenvalue weighted by Gasteiger charge is -2.07. The summed E-state index contributed by atoms with van der Waals surface area (Å²) in [6, 6.07) is 10.3. The molecule has 4 aromatic rings. The van der Waals surface area contributed by atoms with Gasteiger partial charge in [0.25, 0.3) is 17.4 Å². The van der Waals surface area contributed by atoms with Crippen LogP contribution in [0.2, 0.25) is 0 Å². The van der Waals surface area contributed by atoms with Crippen molar-refractivity contribution in [3.8, 4) is 0 Å². The minimum atomic E-state index is -0.657. The van der Waals surface area contributed by atoms with Gasteiger partial charge in [-0.25, -0.2) is 10.1 Å². The van der Waals surface area contributed by atoms with E-state index in [4.69, 9.17) is 0 Å². The second-order valence-electron chi connectivity index (χ2n) is 5.95. The monoisotopic (exact) mass is 362 g/mol. The molecule has 2 amide bonds. The van der Waals surface area contributed by atoms with Crippen LogP contribution in [0.4, 0.5) is 0 Å². The molecule has 3 heterocycles. The third kappa shape index (κ3) is 3.01. The Morgan fingerprint density at radius 2 is 1.81 bits per heavy atom. The maximum atomic E-state index is 12.4. The van der Waals surface area contributed by atoms with Crippen molar-refractivity contribution in [3.63, 3.8) is 0 Å². The van der Waals surface area contributed by atoms with Gasteiger partial charge >= 0.3 is 0 Å². The van der Waals surface area contributed by atoms with Gasteiger partial charge in [0, 0.05) is 17.8 Å². The highest BCUT2D eigenvalue weighted by atomic mass is 16.2. The fourth-order valence-corrected chi connectivity index (χ4v) is 2.72. The molecular formula is C18H14N6O3. The molecule has 134 valence electrons. The van der Waals surface area contributed by atoms with Crippen LogP contribution < -0.4 is 16.4 Å². The Bertz CT molecular complexity index is 1260. The molecule has 3 aromatic heterocycles. The summed E-state index contributed by atoms with van der Waals surface area (Å²) in [7, 11) is 0. The van der Waals surface area contributed by atoms with E-state index in [0.717, 1.165) is 5.56 Å². The van der Waals surface area contributed by atoms with Crippen LogP contribution in [-0.2, 0) is 0 Å². The number of carbonyl (C=O) groups is 2. The molecule has 0 aliphatic rings. The Hall–Kier alpha value is -4.01. The van der Waals surface area contributed by atoms with Crippen molar-refractivity contribution in [2.75, 3.05) is 0 Å². The number of aromatic nitrogens is 4. The van der Waals surface area contributed by atoms with Gasteiger partial charge in [-0.2, -0.15) is 5.10 Å². The normalized spacial score (nSPS) is 10.9. The summed E-state index contributed by atoms with van der Waals surface area (Å²) in [4.78, 5) is 40.7. The number of carbonyl (C=O) groups excluding carboxylic acids is 2. The van der Waals surface area contributed by atoms with E-state index in [1.165, 1.54) is 0 Å². The van der Waals surface area contributed by atoms with Crippen LogP contribution in [-0.4, -0.2) is 31.4 Å². The highest BCUT2D eigenvalue weighted by Crippen LogP contribution is 2.12. The highest BCUT2D eigenvalue weighted by Gasteiger charge is 2.16. The molecule has 0 atom stereocenters. The van der Waals surface area contributed by atoms with Crippen molar-refractivity contribution in [1.82, 2.24) is 30.4 Å². The smallest absolute Gasteiger partial charge is 0.290 e. The molecule has 0 radical (unpaired) electrons. The number of hydrogen-bond donors (Lipinski definition) is 3. The van der Waals surface area contributed by atoms with Crippen molar-refractivity contribution < 1.29 is 9.59 Å². The van der Waals surface area contributed by atoms with Crippen LogP contribution in [0.1, 0.15) is 26.5 Å². The molecule has 0 bridgehead atoms. The Morgan fingerprint density at radius 1 is 1.07 bits per heavy atom. The number of rotatable bonds is 2. The lowest BCUT2D eigenvalue weighted by molar-refractivity contribution is 0.0842. The van der Waals surface area contributed by atoms with Gasteiger partial charge in [0.1, 0.15) is 11.3 Å². The van der Waals surface area contributed by atoms with Crippen molar-refractivity contribution in [2.24, 2.45) is 0 Å². The molecule has 9 heteroatoms. The van der Waals surface area contributed by atoms with Crippen molar-refractivity contribution >= 4 is 28.2 Å². The number of pyridine rings is 1. The Balaban J connectivity index is 1.54. The lowest BCUT2D eigenvalue weighted by Crippen LogP contribution is -2.42. The standard InChI is InChI=1S/C18H14N6O3/c1-10-6-7-24-9-13(19-14(24)8-10)17(26)22-23-18(27)15-11-4-2-3-5-12(11)16(25)21-20-15/h2-9H,1H3,(H,21,25)(H,22,26)(H,23,27). The number of hydrazine groups is 1.